The lowest BCUT2D eigenvalue weighted by Crippen LogP contribution is -2.24. The second-order valence-corrected chi connectivity index (χ2v) is 3.12. The molecule has 76 valence electrons. The zero-order valence-corrected chi connectivity index (χ0v) is 8.63. The Kier molecular flexibility index (Phi) is 6.20. The van der Waals surface area contributed by atoms with E-state index in [-0.39, 0.29) is 11.8 Å². The average Bonchev–Trinajstić information content (AvgIpc) is 2.09. The van der Waals surface area contributed by atoms with Crippen molar-refractivity contribution >= 4 is 11.8 Å². The minimum atomic E-state index is -0.545. The van der Waals surface area contributed by atoms with Crippen LogP contribution in [0, 0.1) is 5.92 Å². The zero-order valence-electron chi connectivity index (χ0n) is 8.63. The first kappa shape index (κ1) is 12.1. The lowest BCUT2D eigenvalue weighted by Gasteiger charge is -2.11. The maximum Gasteiger partial charge on any atom is 0.316 e. The summed E-state index contributed by atoms with van der Waals surface area (Å²) in [6, 6.07) is 0. The Labute approximate surface area is 79.5 Å². The summed E-state index contributed by atoms with van der Waals surface area (Å²) < 4.78 is 4.91. The molecule has 0 radical (unpaired) electrons. The molecule has 0 aliphatic rings. The van der Waals surface area contributed by atoms with Gasteiger partial charge in [0.1, 0.15) is 11.7 Å². The molecule has 0 saturated carbocycles. The summed E-state index contributed by atoms with van der Waals surface area (Å²) in [5.41, 5.74) is 0. The number of ether oxygens (including phenoxy) is 1. The van der Waals surface area contributed by atoms with Gasteiger partial charge in [-0.2, -0.15) is 0 Å². The van der Waals surface area contributed by atoms with E-state index in [1.165, 1.54) is 6.92 Å². The van der Waals surface area contributed by atoms with E-state index in [1.807, 2.05) is 13.8 Å². The number of hydrogen-bond donors (Lipinski definition) is 0. The molecule has 0 N–H and O–H groups in total. The second-order valence-electron chi connectivity index (χ2n) is 3.12. The zero-order chi connectivity index (χ0) is 10.3. The Morgan fingerprint density at radius 2 is 1.85 bits per heavy atom. The van der Waals surface area contributed by atoms with Gasteiger partial charge in [-0.05, 0) is 19.8 Å². The first-order valence-electron chi connectivity index (χ1n) is 4.80. The van der Waals surface area contributed by atoms with Crippen LogP contribution in [0.25, 0.3) is 0 Å². The fraction of sp³-hybridized carbons (Fsp3) is 0.800. The van der Waals surface area contributed by atoms with Crippen LogP contribution in [0.1, 0.15) is 40.0 Å². The molecule has 0 rings (SSSR count). The van der Waals surface area contributed by atoms with E-state index < -0.39 is 5.92 Å². The van der Waals surface area contributed by atoms with Crippen LogP contribution >= 0.6 is 0 Å². The summed E-state index contributed by atoms with van der Waals surface area (Å²) in [5, 5.41) is 0. The van der Waals surface area contributed by atoms with Gasteiger partial charge in [0.15, 0.2) is 0 Å². The minimum Gasteiger partial charge on any atom is -0.465 e. The monoisotopic (exact) mass is 186 g/mol. The first-order chi connectivity index (χ1) is 6.13. The molecule has 3 heteroatoms. The van der Waals surface area contributed by atoms with E-state index in [1.54, 1.807) is 0 Å². The quantitative estimate of drug-likeness (QED) is 0.470. The standard InChI is InChI=1S/C10H18O3/c1-4-6-9(8(3)11)10(12)13-7-5-2/h9H,4-7H2,1-3H3. The van der Waals surface area contributed by atoms with E-state index >= 15 is 0 Å². The van der Waals surface area contributed by atoms with Crippen molar-refractivity contribution in [3.63, 3.8) is 0 Å². The molecule has 0 saturated heterocycles. The van der Waals surface area contributed by atoms with Gasteiger partial charge in [0, 0.05) is 0 Å². The molecule has 0 heterocycles. The molecule has 0 aromatic heterocycles. The van der Waals surface area contributed by atoms with Gasteiger partial charge in [0.05, 0.1) is 6.61 Å². The van der Waals surface area contributed by atoms with Crippen molar-refractivity contribution in [3.05, 3.63) is 0 Å². The van der Waals surface area contributed by atoms with Crippen LogP contribution in [0.5, 0.6) is 0 Å². The number of carbonyl (C=O) groups is 2. The van der Waals surface area contributed by atoms with Crippen molar-refractivity contribution in [2.45, 2.75) is 40.0 Å². The van der Waals surface area contributed by atoms with E-state index in [4.69, 9.17) is 4.74 Å². The number of esters is 1. The number of hydrogen-bond acceptors (Lipinski definition) is 3. The summed E-state index contributed by atoms with van der Waals surface area (Å²) in [6.45, 7) is 5.72. The number of ketones is 1. The Hall–Kier alpha value is -0.860. The van der Waals surface area contributed by atoms with Crippen molar-refractivity contribution in [2.75, 3.05) is 6.61 Å². The van der Waals surface area contributed by atoms with Crippen molar-refractivity contribution in [2.24, 2.45) is 5.92 Å². The Balaban J connectivity index is 4.03. The smallest absolute Gasteiger partial charge is 0.316 e. The summed E-state index contributed by atoms with van der Waals surface area (Å²) in [5.74, 6) is -1.00. The van der Waals surface area contributed by atoms with E-state index in [0.717, 1.165) is 12.8 Å². The van der Waals surface area contributed by atoms with E-state index in [9.17, 15) is 9.59 Å². The molecule has 3 nitrogen and oxygen atoms in total. The molecule has 0 amide bonds. The van der Waals surface area contributed by atoms with Crippen molar-refractivity contribution in [1.82, 2.24) is 0 Å². The van der Waals surface area contributed by atoms with Gasteiger partial charge in [-0.3, -0.25) is 9.59 Å². The Bertz CT molecular complexity index is 175. The molecule has 0 spiro atoms. The van der Waals surface area contributed by atoms with E-state index in [0.29, 0.717) is 13.0 Å². The summed E-state index contributed by atoms with van der Waals surface area (Å²) in [6.07, 6.45) is 2.21. The van der Waals surface area contributed by atoms with Gasteiger partial charge in [-0.25, -0.2) is 0 Å². The van der Waals surface area contributed by atoms with Crippen LogP contribution in [0.15, 0.2) is 0 Å². The predicted octanol–water partition coefficient (Wildman–Crippen LogP) is 1.94. The molecule has 0 aromatic rings. The lowest BCUT2D eigenvalue weighted by molar-refractivity contribution is -0.151. The Morgan fingerprint density at radius 1 is 1.23 bits per heavy atom. The molecule has 1 unspecified atom stereocenters. The normalized spacial score (nSPS) is 12.2. The fourth-order valence-electron chi connectivity index (χ4n) is 1.08. The van der Waals surface area contributed by atoms with Gasteiger partial charge in [-0.1, -0.05) is 20.3 Å². The van der Waals surface area contributed by atoms with Crippen LogP contribution in [0.4, 0.5) is 0 Å². The molecule has 13 heavy (non-hydrogen) atoms. The molecule has 1 atom stereocenters. The van der Waals surface area contributed by atoms with Crippen molar-refractivity contribution < 1.29 is 14.3 Å². The number of Topliss-reactive ketones (excluding diaryl/α,β-unsaturated/α-hetero) is 1. The minimum absolute atomic E-state index is 0.0945. The first-order valence-corrected chi connectivity index (χ1v) is 4.80. The van der Waals surface area contributed by atoms with Crippen LogP contribution in [-0.4, -0.2) is 18.4 Å². The topological polar surface area (TPSA) is 43.4 Å². The van der Waals surface area contributed by atoms with Gasteiger partial charge in [-0.15, -0.1) is 0 Å². The largest absolute Gasteiger partial charge is 0.465 e. The van der Waals surface area contributed by atoms with Crippen molar-refractivity contribution in [3.8, 4) is 0 Å². The fourth-order valence-corrected chi connectivity index (χ4v) is 1.08. The molecule has 0 aliphatic heterocycles. The lowest BCUT2D eigenvalue weighted by atomic mass is 10.00. The molecule has 0 bridgehead atoms. The van der Waals surface area contributed by atoms with Crippen LogP contribution in [0.2, 0.25) is 0 Å². The molecule has 0 aromatic carbocycles. The summed E-state index contributed by atoms with van der Waals surface area (Å²) in [7, 11) is 0. The summed E-state index contributed by atoms with van der Waals surface area (Å²) in [4.78, 5) is 22.3. The maximum atomic E-state index is 11.3. The number of rotatable bonds is 6. The highest BCUT2D eigenvalue weighted by molar-refractivity contribution is 5.97. The highest BCUT2D eigenvalue weighted by Gasteiger charge is 2.23. The van der Waals surface area contributed by atoms with Gasteiger partial charge >= 0.3 is 5.97 Å². The van der Waals surface area contributed by atoms with E-state index in [2.05, 4.69) is 0 Å². The highest BCUT2D eigenvalue weighted by atomic mass is 16.5. The van der Waals surface area contributed by atoms with Gasteiger partial charge in [0.25, 0.3) is 0 Å². The van der Waals surface area contributed by atoms with Crippen LogP contribution in [-0.2, 0) is 14.3 Å². The molecular formula is C10H18O3. The molecular weight excluding hydrogens is 168 g/mol. The van der Waals surface area contributed by atoms with Crippen LogP contribution in [0.3, 0.4) is 0 Å². The van der Waals surface area contributed by atoms with Gasteiger partial charge in [0.2, 0.25) is 0 Å². The highest BCUT2D eigenvalue weighted by Crippen LogP contribution is 2.09. The SMILES string of the molecule is CCCOC(=O)C(CCC)C(C)=O. The predicted molar refractivity (Wildman–Crippen MR) is 50.3 cm³/mol. The second kappa shape index (κ2) is 6.63. The average molecular weight is 186 g/mol. The van der Waals surface area contributed by atoms with Gasteiger partial charge < -0.3 is 4.74 Å². The molecule has 0 fully saturated rings. The third-order valence-corrected chi connectivity index (χ3v) is 1.80. The Morgan fingerprint density at radius 3 is 2.23 bits per heavy atom. The number of carbonyl (C=O) groups excluding carboxylic acids is 2. The third kappa shape index (κ3) is 4.65. The maximum absolute atomic E-state index is 11.3. The van der Waals surface area contributed by atoms with Crippen LogP contribution < -0.4 is 0 Å². The third-order valence-electron chi connectivity index (χ3n) is 1.80. The summed E-state index contributed by atoms with van der Waals surface area (Å²) >= 11 is 0. The molecule has 0 aliphatic carbocycles. The van der Waals surface area contributed by atoms with Crippen molar-refractivity contribution in [1.29, 1.82) is 0 Å².